The number of phenolic OH excluding ortho intramolecular Hbond substituents is 1. The van der Waals surface area contributed by atoms with Crippen LogP contribution in [-0.2, 0) is 9.59 Å². The molecule has 2 aliphatic carbocycles. The molecule has 0 unspecified atom stereocenters. The largest absolute Gasteiger partial charge is 0.507 e. The van der Waals surface area contributed by atoms with Crippen LogP contribution in [0.4, 0.5) is 5.69 Å². The highest BCUT2D eigenvalue weighted by molar-refractivity contribution is 6.32. The fourth-order valence-corrected chi connectivity index (χ4v) is 5.46. The Labute approximate surface area is 212 Å². The molecule has 1 fully saturated rings. The smallest absolute Gasteiger partial charge is 0.303 e. The molecule has 0 aromatic heterocycles. The van der Waals surface area contributed by atoms with E-state index in [1.807, 2.05) is 0 Å². The maximum Gasteiger partial charge on any atom is 0.303 e. The summed E-state index contributed by atoms with van der Waals surface area (Å²) in [5.74, 6) is -2.58. The number of hydrogen-bond donors (Lipinski definition) is 3. The van der Waals surface area contributed by atoms with E-state index >= 15 is 0 Å². The van der Waals surface area contributed by atoms with Gasteiger partial charge in [0, 0.05) is 23.6 Å². The van der Waals surface area contributed by atoms with Crippen LogP contribution in [0.2, 0.25) is 0 Å². The molecule has 3 aromatic rings. The predicted octanol–water partition coefficient (Wildman–Crippen LogP) is 5.32. The van der Waals surface area contributed by atoms with Crippen molar-refractivity contribution in [1.82, 2.24) is 0 Å². The zero-order valence-electron chi connectivity index (χ0n) is 20.0. The summed E-state index contributed by atoms with van der Waals surface area (Å²) in [6.45, 7) is 0. The van der Waals surface area contributed by atoms with Gasteiger partial charge in [-0.1, -0.05) is 55.3 Å². The zero-order valence-corrected chi connectivity index (χ0v) is 20.0. The molecular weight excluding hydrogens is 474 g/mol. The second kappa shape index (κ2) is 9.54. The Kier molecular flexibility index (Phi) is 6.25. The summed E-state index contributed by atoms with van der Waals surface area (Å²) < 4.78 is 5.96. The molecule has 0 aliphatic heterocycles. The van der Waals surface area contributed by atoms with Crippen LogP contribution in [-0.4, -0.2) is 33.7 Å². The van der Waals surface area contributed by atoms with Crippen molar-refractivity contribution in [2.45, 2.75) is 38.5 Å². The molecule has 5 rings (SSSR count). The van der Waals surface area contributed by atoms with Gasteiger partial charge in [-0.2, -0.15) is 0 Å². The van der Waals surface area contributed by atoms with E-state index in [0.29, 0.717) is 18.6 Å². The summed E-state index contributed by atoms with van der Waals surface area (Å²) in [4.78, 5) is 51.8. The van der Waals surface area contributed by atoms with Crippen LogP contribution < -0.4 is 10.1 Å². The molecule has 2 aliphatic rings. The van der Waals surface area contributed by atoms with Gasteiger partial charge in [0.05, 0.1) is 23.2 Å². The number of carbonyl (C=O) groups excluding carboxylic acids is 3. The normalized spacial score (nSPS) is 15.6. The number of nitrogens with one attached hydrogen (secondary N) is 1. The Morgan fingerprint density at radius 3 is 2.08 bits per heavy atom. The first-order valence-corrected chi connectivity index (χ1v) is 12.1. The molecule has 37 heavy (non-hydrogen) atoms. The Morgan fingerprint density at radius 1 is 0.865 bits per heavy atom. The number of ether oxygens (including phenoxy) is 1. The minimum absolute atomic E-state index is 0.00459. The number of anilines is 1. The topological polar surface area (TPSA) is 130 Å². The van der Waals surface area contributed by atoms with Crippen LogP contribution in [0.25, 0.3) is 0 Å². The lowest BCUT2D eigenvalue weighted by molar-refractivity contribution is -0.140. The van der Waals surface area contributed by atoms with Crippen molar-refractivity contribution in [3.05, 3.63) is 82.9 Å². The summed E-state index contributed by atoms with van der Waals surface area (Å²) >= 11 is 0. The van der Waals surface area contributed by atoms with Gasteiger partial charge in [-0.05, 0) is 30.4 Å². The summed E-state index contributed by atoms with van der Waals surface area (Å²) in [5.41, 5.74) is -0.750. The van der Waals surface area contributed by atoms with Crippen molar-refractivity contribution in [3.63, 3.8) is 0 Å². The van der Waals surface area contributed by atoms with E-state index in [1.165, 1.54) is 18.2 Å². The average molecular weight is 500 g/mol. The Morgan fingerprint density at radius 2 is 1.46 bits per heavy atom. The van der Waals surface area contributed by atoms with Crippen LogP contribution in [0.15, 0.2) is 60.7 Å². The lowest BCUT2D eigenvalue weighted by Crippen LogP contribution is -2.29. The minimum atomic E-state index is -0.970. The number of para-hydroxylation sites is 1. The quantitative estimate of drug-likeness (QED) is 0.293. The maximum atomic E-state index is 13.6. The Hall–Kier alpha value is -4.46. The van der Waals surface area contributed by atoms with E-state index in [0.717, 1.165) is 12.8 Å². The first kappa shape index (κ1) is 24.2. The van der Waals surface area contributed by atoms with Crippen LogP contribution in [0.3, 0.4) is 0 Å². The number of aromatic hydroxyl groups is 1. The van der Waals surface area contributed by atoms with E-state index in [2.05, 4.69) is 5.32 Å². The van der Waals surface area contributed by atoms with E-state index in [9.17, 15) is 29.4 Å². The van der Waals surface area contributed by atoms with Crippen molar-refractivity contribution in [1.29, 1.82) is 0 Å². The number of fused-ring (bicyclic) bond motifs is 2. The van der Waals surface area contributed by atoms with Gasteiger partial charge in [0.25, 0.3) is 0 Å². The molecule has 0 atom stereocenters. The van der Waals surface area contributed by atoms with Gasteiger partial charge in [0.2, 0.25) is 5.91 Å². The highest BCUT2D eigenvalue weighted by Crippen LogP contribution is 2.46. The highest BCUT2D eigenvalue weighted by Gasteiger charge is 2.40. The number of carboxylic acids is 1. The van der Waals surface area contributed by atoms with E-state index in [-0.39, 0.29) is 46.5 Å². The SMILES string of the molecule is O=C(O)CC1(CC(=O)Nc2c(Oc3ccccc3)cc(O)c3c2C(=O)c2ccccc2C3=O)CCCC1. The van der Waals surface area contributed by atoms with E-state index in [1.54, 1.807) is 42.5 Å². The van der Waals surface area contributed by atoms with Gasteiger partial charge >= 0.3 is 5.97 Å². The fraction of sp³-hybridized carbons (Fsp3) is 0.241. The average Bonchev–Trinajstić information content (AvgIpc) is 3.31. The molecule has 1 saturated carbocycles. The molecule has 0 spiro atoms. The number of ketones is 2. The van der Waals surface area contributed by atoms with E-state index in [4.69, 9.17) is 4.74 Å². The lowest BCUT2D eigenvalue weighted by Gasteiger charge is -2.28. The van der Waals surface area contributed by atoms with Crippen molar-refractivity contribution >= 4 is 29.1 Å². The molecule has 188 valence electrons. The van der Waals surface area contributed by atoms with Gasteiger partial charge in [-0.3, -0.25) is 19.2 Å². The van der Waals surface area contributed by atoms with Gasteiger partial charge in [0.15, 0.2) is 17.3 Å². The van der Waals surface area contributed by atoms with Crippen LogP contribution in [0.5, 0.6) is 17.2 Å². The number of rotatable bonds is 7. The highest BCUT2D eigenvalue weighted by atomic mass is 16.5. The number of amides is 1. The minimum Gasteiger partial charge on any atom is -0.507 e. The number of benzene rings is 3. The van der Waals surface area contributed by atoms with Crippen molar-refractivity contribution < 1.29 is 34.1 Å². The molecule has 3 N–H and O–H groups in total. The summed E-state index contributed by atoms with van der Waals surface area (Å²) in [5, 5.41) is 23.0. The van der Waals surface area contributed by atoms with Crippen molar-refractivity contribution in [2.24, 2.45) is 5.41 Å². The Bertz CT molecular complexity index is 1420. The molecule has 0 radical (unpaired) electrons. The number of aliphatic carboxylic acids is 1. The monoisotopic (exact) mass is 499 g/mol. The molecule has 0 heterocycles. The summed E-state index contributed by atoms with van der Waals surface area (Å²) in [6.07, 6.45) is 2.70. The number of carbonyl (C=O) groups is 4. The van der Waals surface area contributed by atoms with Crippen LogP contribution >= 0.6 is 0 Å². The third-order valence-electron chi connectivity index (χ3n) is 7.10. The van der Waals surface area contributed by atoms with Gasteiger partial charge in [-0.15, -0.1) is 0 Å². The van der Waals surface area contributed by atoms with Gasteiger partial charge < -0.3 is 20.3 Å². The molecule has 0 bridgehead atoms. The first-order chi connectivity index (χ1) is 17.8. The second-order valence-corrected chi connectivity index (χ2v) is 9.64. The molecular formula is C29H25NO7. The molecule has 8 heteroatoms. The standard InChI is InChI=1S/C29H25NO7/c31-20-14-21(37-17-8-2-1-3-9-17)26(30-22(32)15-29(16-23(33)34)12-6-7-13-29)25-24(20)27(35)18-10-4-5-11-19(18)28(25)36/h1-5,8-11,14,31H,6-7,12-13,15-16H2,(H,30,32)(H,33,34). The molecule has 1 amide bonds. The van der Waals surface area contributed by atoms with Crippen molar-refractivity contribution in [3.8, 4) is 17.2 Å². The predicted molar refractivity (Wildman–Crippen MR) is 134 cm³/mol. The van der Waals surface area contributed by atoms with E-state index < -0.39 is 34.6 Å². The molecule has 3 aromatic carbocycles. The summed E-state index contributed by atoms with van der Waals surface area (Å²) in [7, 11) is 0. The fourth-order valence-electron chi connectivity index (χ4n) is 5.46. The maximum absolute atomic E-state index is 13.6. The van der Waals surface area contributed by atoms with Crippen LogP contribution in [0.1, 0.15) is 70.4 Å². The van der Waals surface area contributed by atoms with Gasteiger partial charge in [-0.25, -0.2) is 0 Å². The number of hydrogen-bond acceptors (Lipinski definition) is 6. The van der Waals surface area contributed by atoms with Gasteiger partial charge in [0.1, 0.15) is 11.5 Å². The lowest BCUT2D eigenvalue weighted by atomic mass is 9.79. The molecule has 8 nitrogen and oxygen atoms in total. The number of carboxylic acid groups (broad SMARTS) is 1. The molecule has 0 saturated heterocycles. The third-order valence-corrected chi connectivity index (χ3v) is 7.10. The third kappa shape index (κ3) is 4.58. The summed E-state index contributed by atoms with van der Waals surface area (Å²) in [6, 6.07) is 16.1. The second-order valence-electron chi connectivity index (χ2n) is 9.64. The zero-order chi connectivity index (χ0) is 26.2. The Balaban J connectivity index is 1.60. The first-order valence-electron chi connectivity index (χ1n) is 12.1. The van der Waals surface area contributed by atoms with Crippen LogP contribution in [0, 0.1) is 5.41 Å². The van der Waals surface area contributed by atoms with Crippen molar-refractivity contribution in [2.75, 3.05) is 5.32 Å². The number of phenols is 1.